The summed E-state index contributed by atoms with van der Waals surface area (Å²) in [7, 11) is 0. The smallest absolute Gasteiger partial charge is 0.406 e. The van der Waals surface area contributed by atoms with Gasteiger partial charge in [0.15, 0.2) is 0 Å². The Morgan fingerprint density at radius 2 is 1.86 bits per heavy atom. The molecule has 2 aromatic carbocycles. The SMILES string of the molecule is Fc1ccc(Cl)c(NCc2cccc(OC(F)(F)F)c2)c1. The molecule has 0 radical (unpaired) electrons. The lowest BCUT2D eigenvalue weighted by atomic mass is 10.2. The molecule has 0 spiro atoms. The van der Waals surface area contributed by atoms with E-state index in [9.17, 15) is 17.6 Å². The average molecular weight is 320 g/mol. The van der Waals surface area contributed by atoms with Gasteiger partial charge in [-0.25, -0.2) is 4.39 Å². The number of hydrogen-bond acceptors (Lipinski definition) is 2. The first kappa shape index (κ1) is 15.4. The topological polar surface area (TPSA) is 21.3 Å². The van der Waals surface area contributed by atoms with E-state index >= 15 is 0 Å². The van der Waals surface area contributed by atoms with Gasteiger partial charge in [-0.15, -0.1) is 13.2 Å². The summed E-state index contributed by atoms with van der Waals surface area (Å²) in [4.78, 5) is 0. The van der Waals surface area contributed by atoms with Crippen molar-refractivity contribution in [2.24, 2.45) is 0 Å². The molecule has 2 rings (SSSR count). The van der Waals surface area contributed by atoms with Gasteiger partial charge in [0.05, 0.1) is 10.7 Å². The summed E-state index contributed by atoms with van der Waals surface area (Å²) in [5.41, 5.74) is 0.899. The van der Waals surface area contributed by atoms with Crippen LogP contribution in [0, 0.1) is 5.82 Å². The van der Waals surface area contributed by atoms with Crippen LogP contribution in [0.1, 0.15) is 5.56 Å². The van der Waals surface area contributed by atoms with Gasteiger partial charge < -0.3 is 10.1 Å². The molecule has 0 aliphatic heterocycles. The maximum atomic E-state index is 13.1. The molecule has 0 fully saturated rings. The lowest BCUT2D eigenvalue weighted by molar-refractivity contribution is -0.274. The standard InChI is InChI=1S/C14H10ClF4NO/c15-12-5-4-10(16)7-13(12)20-8-9-2-1-3-11(6-9)21-14(17,18)19/h1-7,20H,8H2. The third-order valence-electron chi connectivity index (χ3n) is 2.54. The fraction of sp³-hybridized carbons (Fsp3) is 0.143. The largest absolute Gasteiger partial charge is 0.573 e. The van der Waals surface area contributed by atoms with E-state index in [1.54, 1.807) is 6.07 Å². The number of nitrogens with one attached hydrogen (secondary N) is 1. The number of halogens is 5. The van der Waals surface area contributed by atoms with E-state index in [4.69, 9.17) is 11.6 Å². The second-order valence-corrected chi connectivity index (χ2v) is 4.58. The second-order valence-electron chi connectivity index (χ2n) is 4.17. The van der Waals surface area contributed by atoms with Gasteiger partial charge >= 0.3 is 6.36 Å². The van der Waals surface area contributed by atoms with Crippen LogP contribution in [0.25, 0.3) is 0 Å². The van der Waals surface area contributed by atoms with E-state index in [1.807, 2.05) is 0 Å². The van der Waals surface area contributed by atoms with Crippen LogP contribution in [-0.2, 0) is 6.54 Å². The van der Waals surface area contributed by atoms with E-state index in [2.05, 4.69) is 10.1 Å². The Morgan fingerprint density at radius 1 is 1.10 bits per heavy atom. The summed E-state index contributed by atoms with van der Waals surface area (Å²) >= 11 is 5.88. The molecule has 112 valence electrons. The molecule has 2 aromatic rings. The van der Waals surface area contributed by atoms with Crippen molar-refractivity contribution in [1.29, 1.82) is 0 Å². The Balaban J connectivity index is 2.06. The molecule has 1 N–H and O–H groups in total. The Hall–Kier alpha value is -1.95. The summed E-state index contributed by atoms with van der Waals surface area (Å²) in [6.45, 7) is 0.179. The molecular weight excluding hydrogens is 310 g/mol. The molecule has 21 heavy (non-hydrogen) atoms. The molecule has 7 heteroatoms. The van der Waals surface area contributed by atoms with Crippen molar-refractivity contribution in [1.82, 2.24) is 0 Å². The lowest BCUT2D eigenvalue weighted by Crippen LogP contribution is -2.17. The van der Waals surface area contributed by atoms with Crippen LogP contribution in [0.3, 0.4) is 0 Å². The Morgan fingerprint density at radius 3 is 2.57 bits per heavy atom. The number of anilines is 1. The molecule has 0 aromatic heterocycles. The number of rotatable bonds is 4. The van der Waals surface area contributed by atoms with Gasteiger partial charge in [-0.3, -0.25) is 0 Å². The highest BCUT2D eigenvalue weighted by molar-refractivity contribution is 6.33. The molecule has 0 amide bonds. The van der Waals surface area contributed by atoms with Gasteiger partial charge in [-0.05, 0) is 35.9 Å². The summed E-state index contributed by atoms with van der Waals surface area (Å²) < 4.78 is 53.3. The van der Waals surface area contributed by atoms with Gasteiger partial charge in [0, 0.05) is 6.54 Å². The van der Waals surface area contributed by atoms with Crippen molar-refractivity contribution < 1.29 is 22.3 Å². The van der Waals surface area contributed by atoms with Crippen LogP contribution in [0.2, 0.25) is 5.02 Å². The van der Waals surface area contributed by atoms with Crippen molar-refractivity contribution in [2.75, 3.05) is 5.32 Å². The third-order valence-corrected chi connectivity index (χ3v) is 2.87. The predicted octanol–water partition coefficient (Wildman–Crippen LogP) is 4.99. The Kier molecular flexibility index (Phi) is 4.57. The predicted molar refractivity (Wildman–Crippen MR) is 71.9 cm³/mol. The first-order valence-corrected chi connectivity index (χ1v) is 6.25. The van der Waals surface area contributed by atoms with Crippen LogP contribution < -0.4 is 10.1 Å². The number of hydrogen-bond donors (Lipinski definition) is 1. The van der Waals surface area contributed by atoms with E-state index < -0.39 is 12.2 Å². The molecule has 0 atom stereocenters. The fourth-order valence-electron chi connectivity index (χ4n) is 1.68. The van der Waals surface area contributed by atoms with E-state index in [0.29, 0.717) is 16.3 Å². The normalized spacial score (nSPS) is 11.3. The van der Waals surface area contributed by atoms with Gasteiger partial charge in [0.2, 0.25) is 0 Å². The van der Waals surface area contributed by atoms with Crippen molar-refractivity contribution in [3.63, 3.8) is 0 Å². The average Bonchev–Trinajstić information content (AvgIpc) is 2.38. The van der Waals surface area contributed by atoms with Crippen LogP contribution in [0.4, 0.5) is 23.2 Å². The van der Waals surface area contributed by atoms with Crippen molar-refractivity contribution in [2.45, 2.75) is 12.9 Å². The maximum Gasteiger partial charge on any atom is 0.573 e. The highest BCUT2D eigenvalue weighted by Crippen LogP contribution is 2.25. The summed E-state index contributed by atoms with van der Waals surface area (Å²) in [6.07, 6.45) is -4.74. The minimum Gasteiger partial charge on any atom is -0.406 e. The molecule has 0 bridgehead atoms. The molecule has 0 aliphatic carbocycles. The van der Waals surface area contributed by atoms with E-state index in [-0.39, 0.29) is 12.3 Å². The monoisotopic (exact) mass is 319 g/mol. The summed E-state index contributed by atoms with van der Waals surface area (Å²) in [5, 5.41) is 3.17. The number of ether oxygens (including phenoxy) is 1. The second kappa shape index (κ2) is 6.22. The van der Waals surface area contributed by atoms with E-state index in [1.165, 1.54) is 36.4 Å². The van der Waals surface area contributed by atoms with Gasteiger partial charge in [0.1, 0.15) is 11.6 Å². The van der Waals surface area contributed by atoms with Crippen molar-refractivity contribution >= 4 is 17.3 Å². The molecular formula is C14H10ClF4NO. The third kappa shape index (κ3) is 4.82. The first-order chi connectivity index (χ1) is 9.83. The molecule has 0 saturated carbocycles. The maximum absolute atomic E-state index is 13.1. The van der Waals surface area contributed by atoms with Gasteiger partial charge in [-0.1, -0.05) is 23.7 Å². The first-order valence-electron chi connectivity index (χ1n) is 5.87. The zero-order valence-corrected chi connectivity index (χ0v) is 11.3. The van der Waals surface area contributed by atoms with Gasteiger partial charge in [-0.2, -0.15) is 0 Å². The van der Waals surface area contributed by atoms with Crippen LogP contribution >= 0.6 is 11.6 Å². The lowest BCUT2D eigenvalue weighted by Gasteiger charge is -2.11. The van der Waals surface area contributed by atoms with E-state index in [0.717, 1.165) is 0 Å². The van der Waals surface area contributed by atoms with Crippen molar-refractivity contribution in [3.8, 4) is 5.75 Å². The highest BCUT2D eigenvalue weighted by Gasteiger charge is 2.31. The summed E-state index contributed by atoms with van der Waals surface area (Å²) in [6, 6.07) is 9.31. The van der Waals surface area contributed by atoms with Crippen molar-refractivity contribution in [3.05, 3.63) is 58.9 Å². The highest BCUT2D eigenvalue weighted by atomic mass is 35.5. The number of benzene rings is 2. The minimum atomic E-state index is -4.74. The Bertz CT molecular complexity index is 631. The molecule has 0 unspecified atom stereocenters. The zero-order valence-electron chi connectivity index (χ0n) is 10.5. The fourth-order valence-corrected chi connectivity index (χ4v) is 1.87. The Labute approximate surface area is 123 Å². The summed E-state index contributed by atoms with van der Waals surface area (Å²) in [5.74, 6) is -0.775. The van der Waals surface area contributed by atoms with Gasteiger partial charge in [0.25, 0.3) is 0 Å². The van der Waals surface area contributed by atoms with Crippen LogP contribution in [0.15, 0.2) is 42.5 Å². The zero-order chi connectivity index (χ0) is 15.5. The molecule has 2 nitrogen and oxygen atoms in total. The molecule has 0 saturated heterocycles. The number of alkyl halides is 3. The van der Waals surface area contributed by atoms with Crippen LogP contribution in [0.5, 0.6) is 5.75 Å². The van der Waals surface area contributed by atoms with Crippen LogP contribution in [-0.4, -0.2) is 6.36 Å². The molecule has 0 aliphatic rings. The quantitative estimate of drug-likeness (QED) is 0.802. The minimum absolute atomic E-state index is 0.179. The molecule has 0 heterocycles.